The minimum atomic E-state index is -0.0420. The molecular weight excluding hydrogens is 360 g/mol. The molecule has 1 atom stereocenters. The number of benzene rings is 2. The molecule has 0 radical (unpaired) electrons. The molecular formula is C24H26N4O. The largest absolute Gasteiger partial charge is 0.348 e. The van der Waals surface area contributed by atoms with Crippen LogP contribution in [0.25, 0.3) is 21.8 Å². The summed E-state index contributed by atoms with van der Waals surface area (Å²) in [6.45, 7) is 9.02. The molecule has 2 aromatic heterocycles. The highest BCUT2D eigenvalue weighted by Gasteiger charge is 2.16. The van der Waals surface area contributed by atoms with Gasteiger partial charge < -0.3 is 5.32 Å². The van der Waals surface area contributed by atoms with Crippen LogP contribution in [-0.2, 0) is 6.54 Å². The lowest BCUT2D eigenvalue weighted by molar-refractivity contribution is 0.343. The van der Waals surface area contributed by atoms with Gasteiger partial charge in [-0.2, -0.15) is 4.98 Å². The summed E-state index contributed by atoms with van der Waals surface area (Å²) in [4.78, 5) is 21.6. The molecule has 4 aromatic rings. The molecule has 1 N–H and O–H groups in total. The second-order valence-electron chi connectivity index (χ2n) is 8.76. The van der Waals surface area contributed by atoms with E-state index in [1.165, 1.54) is 10.8 Å². The molecule has 148 valence electrons. The van der Waals surface area contributed by atoms with Crippen molar-refractivity contribution < 1.29 is 0 Å². The Morgan fingerprint density at radius 2 is 1.72 bits per heavy atom. The first-order chi connectivity index (χ1) is 13.8. The van der Waals surface area contributed by atoms with Gasteiger partial charge in [-0.15, -0.1) is 0 Å². The summed E-state index contributed by atoms with van der Waals surface area (Å²) in [5.74, 6) is 0.520. The molecule has 2 aromatic carbocycles. The number of rotatable bonds is 4. The topological polar surface area (TPSA) is 59.8 Å². The lowest BCUT2D eigenvalue weighted by Gasteiger charge is -2.21. The Balaban J connectivity index is 1.68. The van der Waals surface area contributed by atoms with Gasteiger partial charge in [0.2, 0.25) is 5.95 Å². The van der Waals surface area contributed by atoms with Crippen LogP contribution in [0.5, 0.6) is 0 Å². The number of fused-ring (bicyclic) bond motifs is 2. The Labute approximate surface area is 170 Å². The lowest BCUT2D eigenvalue weighted by Crippen LogP contribution is -2.27. The minimum absolute atomic E-state index is 0.0311. The fraction of sp³-hybridized carbons (Fsp3) is 0.292. The Kier molecular flexibility index (Phi) is 4.82. The monoisotopic (exact) mass is 386 g/mol. The van der Waals surface area contributed by atoms with Crippen LogP contribution in [0, 0.1) is 5.41 Å². The van der Waals surface area contributed by atoms with Gasteiger partial charge >= 0.3 is 0 Å². The summed E-state index contributed by atoms with van der Waals surface area (Å²) in [5.41, 5.74) is 1.75. The third-order valence-corrected chi connectivity index (χ3v) is 4.97. The normalized spacial score (nSPS) is 13.0. The van der Waals surface area contributed by atoms with Crippen molar-refractivity contribution in [2.45, 2.75) is 40.3 Å². The molecule has 0 aliphatic carbocycles. The number of anilines is 1. The zero-order valence-corrected chi connectivity index (χ0v) is 17.3. The summed E-state index contributed by atoms with van der Waals surface area (Å²) in [5, 5.41) is 6.67. The van der Waals surface area contributed by atoms with E-state index in [-0.39, 0.29) is 17.0 Å². The predicted octanol–water partition coefficient (Wildman–Crippen LogP) is 5.16. The fourth-order valence-electron chi connectivity index (χ4n) is 3.52. The zero-order chi connectivity index (χ0) is 20.6. The highest BCUT2D eigenvalue weighted by atomic mass is 16.1. The van der Waals surface area contributed by atoms with Crippen LogP contribution < -0.4 is 10.9 Å². The van der Waals surface area contributed by atoms with E-state index in [0.29, 0.717) is 18.1 Å². The molecule has 0 saturated carbocycles. The van der Waals surface area contributed by atoms with Gasteiger partial charge in [0.1, 0.15) is 5.65 Å². The van der Waals surface area contributed by atoms with Gasteiger partial charge in [-0.05, 0) is 40.8 Å². The molecule has 0 saturated heterocycles. The van der Waals surface area contributed by atoms with E-state index in [1.54, 1.807) is 22.9 Å². The average molecular weight is 386 g/mol. The van der Waals surface area contributed by atoms with Crippen LogP contribution in [0.3, 0.4) is 0 Å². The van der Waals surface area contributed by atoms with E-state index in [4.69, 9.17) is 0 Å². The van der Waals surface area contributed by atoms with E-state index in [9.17, 15) is 4.79 Å². The summed E-state index contributed by atoms with van der Waals surface area (Å²) >= 11 is 0. The van der Waals surface area contributed by atoms with Crippen LogP contribution in [0.4, 0.5) is 5.95 Å². The average Bonchev–Trinajstić information content (AvgIpc) is 2.69. The highest BCUT2D eigenvalue weighted by Crippen LogP contribution is 2.23. The van der Waals surface area contributed by atoms with Gasteiger partial charge in [0.15, 0.2) is 0 Å². The van der Waals surface area contributed by atoms with Crippen molar-refractivity contribution in [1.29, 1.82) is 0 Å². The van der Waals surface area contributed by atoms with Gasteiger partial charge in [-0.3, -0.25) is 9.36 Å². The maximum atomic E-state index is 12.5. The van der Waals surface area contributed by atoms with Gasteiger partial charge in [0, 0.05) is 24.2 Å². The SMILES string of the molecule is CC(Nc1ncc2ccc(=O)n(CC(C)(C)C)c2n1)c1ccc2ccccc2c1. The second-order valence-corrected chi connectivity index (χ2v) is 8.76. The number of hydrogen-bond acceptors (Lipinski definition) is 4. The minimum Gasteiger partial charge on any atom is -0.348 e. The van der Waals surface area contributed by atoms with Crippen LogP contribution >= 0.6 is 0 Å². The van der Waals surface area contributed by atoms with Crippen molar-refractivity contribution in [2.24, 2.45) is 5.41 Å². The van der Waals surface area contributed by atoms with Crippen molar-refractivity contribution in [3.05, 3.63) is 76.7 Å². The second kappa shape index (κ2) is 7.32. The molecule has 0 amide bonds. The molecule has 29 heavy (non-hydrogen) atoms. The van der Waals surface area contributed by atoms with Crippen molar-refractivity contribution in [1.82, 2.24) is 14.5 Å². The molecule has 0 spiro atoms. The Hall–Kier alpha value is -3.21. The highest BCUT2D eigenvalue weighted by molar-refractivity contribution is 5.83. The van der Waals surface area contributed by atoms with E-state index < -0.39 is 0 Å². The Morgan fingerprint density at radius 3 is 2.48 bits per heavy atom. The molecule has 1 unspecified atom stereocenters. The quantitative estimate of drug-likeness (QED) is 0.526. The number of aromatic nitrogens is 3. The first kappa shape index (κ1) is 19.1. The molecule has 2 heterocycles. The van der Waals surface area contributed by atoms with E-state index in [1.807, 2.05) is 12.1 Å². The van der Waals surface area contributed by atoms with Gasteiger partial charge in [-0.1, -0.05) is 57.2 Å². The molecule has 0 fully saturated rings. The number of hydrogen-bond donors (Lipinski definition) is 1. The summed E-state index contributed by atoms with van der Waals surface area (Å²) in [6, 6.07) is 18.2. The van der Waals surface area contributed by atoms with Crippen molar-refractivity contribution >= 4 is 27.8 Å². The zero-order valence-electron chi connectivity index (χ0n) is 17.3. The predicted molar refractivity (Wildman–Crippen MR) is 119 cm³/mol. The molecule has 5 nitrogen and oxygen atoms in total. The first-order valence-corrected chi connectivity index (χ1v) is 9.92. The van der Waals surface area contributed by atoms with E-state index in [2.05, 4.69) is 73.3 Å². The lowest BCUT2D eigenvalue weighted by atomic mass is 9.97. The molecule has 0 bridgehead atoms. The van der Waals surface area contributed by atoms with Crippen LogP contribution in [0.15, 0.2) is 65.6 Å². The van der Waals surface area contributed by atoms with Gasteiger partial charge in [0.25, 0.3) is 5.56 Å². The molecule has 0 aliphatic rings. The fourth-order valence-corrected chi connectivity index (χ4v) is 3.52. The Bertz CT molecular complexity index is 1240. The standard InChI is InChI=1S/C24H26N4O/c1-16(18-10-9-17-7-5-6-8-19(17)13-18)26-23-25-14-20-11-12-21(29)28(22(20)27-23)15-24(2,3)4/h5-14,16H,15H2,1-4H3,(H,25,26,27). The smallest absolute Gasteiger partial charge is 0.252 e. The third kappa shape index (κ3) is 4.14. The van der Waals surface area contributed by atoms with Crippen molar-refractivity contribution in [3.63, 3.8) is 0 Å². The molecule has 4 rings (SSSR count). The Morgan fingerprint density at radius 1 is 1.00 bits per heavy atom. The third-order valence-electron chi connectivity index (χ3n) is 4.97. The van der Waals surface area contributed by atoms with Gasteiger partial charge in [0.05, 0.1) is 6.04 Å². The van der Waals surface area contributed by atoms with Crippen LogP contribution in [0.1, 0.15) is 39.3 Å². The summed E-state index contributed by atoms with van der Waals surface area (Å²) in [6.07, 6.45) is 1.77. The molecule has 5 heteroatoms. The number of nitrogens with zero attached hydrogens (tertiary/aromatic N) is 3. The van der Waals surface area contributed by atoms with E-state index in [0.717, 1.165) is 10.9 Å². The number of nitrogens with one attached hydrogen (secondary N) is 1. The van der Waals surface area contributed by atoms with Crippen LogP contribution in [0.2, 0.25) is 0 Å². The maximum absolute atomic E-state index is 12.5. The first-order valence-electron chi connectivity index (χ1n) is 9.92. The maximum Gasteiger partial charge on any atom is 0.252 e. The number of pyridine rings is 1. The molecule has 0 aliphatic heterocycles. The van der Waals surface area contributed by atoms with Gasteiger partial charge in [-0.25, -0.2) is 4.98 Å². The van der Waals surface area contributed by atoms with Crippen molar-refractivity contribution in [3.8, 4) is 0 Å². The van der Waals surface area contributed by atoms with Crippen LogP contribution in [-0.4, -0.2) is 14.5 Å². The summed E-state index contributed by atoms with van der Waals surface area (Å²) in [7, 11) is 0. The van der Waals surface area contributed by atoms with Crippen molar-refractivity contribution in [2.75, 3.05) is 5.32 Å². The van der Waals surface area contributed by atoms with E-state index >= 15 is 0 Å². The summed E-state index contributed by atoms with van der Waals surface area (Å²) < 4.78 is 1.74.